The molecule has 4 N–H and O–H groups in total. The number of aromatic nitrogens is 2. The lowest BCUT2D eigenvalue weighted by Crippen LogP contribution is -2.18. The Morgan fingerprint density at radius 3 is 2.48 bits per heavy atom. The van der Waals surface area contributed by atoms with Crippen LogP contribution in [0.1, 0.15) is 0 Å². The van der Waals surface area contributed by atoms with Crippen molar-refractivity contribution in [2.45, 2.75) is 4.90 Å². The number of nitro groups is 1. The van der Waals surface area contributed by atoms with Gasteiger partial charge in [-0.3, -0.25) is 20.7 Å². The zero-order valence-corrected chi connectivity index (χ0v) is 11.2. The minimum atomic E-state index is -3.99. The number of nitrogen functional groups attached to an aromatic ring is 1. The normalized spacial score (nSPS) is 10.9. The highest BCUT2D eigenvalue weighted by atomic mass is 32.2. The van der Waals surface area contributed by atoms with Gasteiger partial charge in [-0.15, -0.1) is 0 Å². The largest absolute Gasteiger partial charge is 0.323 e. The van der Waals surface area contributed by atoms with Crippen LogP contribution < -0.4 is 16.0 Å². The summed E-state index contributed by atoms with van der Waals surface area (Å²) in [6.45, 7) is 0. The molecular weight excluding hydrogens is 300 g/mol. The van der Waals surface area contributed by atoms with E-state index in [1.54, 1.807) is 0 Å². The quantitative estimate of drug-likeness (QED) is 0.409. The van der Waals surface area contributed by atoms with Crippen molar-refractivity contribution in [3.8, 4) is 0 Å². The molecule has 11 heteroatoms. The fraction of sp³-hybridized carbons (Fsp3) is 0. The minimum absolute atomic E-state index is 0.103. The molecule has 2 aromatic rings. The standard InChI is InChI=1S/C10H10N6O4S/c11-14-9-3-8(16(17)18)1-2-10(9)21(19,20)15-7-4-12-6-13-5-7/h1-6,14-15H,11H2. The van der Waals surface area contributed by atoms with Gasteiger partial charge in [0, 0.05) is 12.1 Å². The fourth-order valence-corrected chi connectivity index (χ4v) is 2.72. The summed E-state index contributed by atoms with van der Waals surface area (Å²) in [5.74, 6) is 5.22. The Bertz CT molecular complexity index is 764. The Kier molecular flexibility index (Phi) is 3.95. The minimum Gasteiger partial charge on any atom is -0.323 e. The lowest BCUT2D eigenvalue weighted by molar-refractivity contribution is -0.384. The van der Waals surface area contributed by atoms with Gasteiger partial charge in [0.15, 0.2) is 0 Å². The van der Waals surface area contributed by atoms with Gasteiger partial charge in [-0.2, -0.15) is 0 Å². The van der Waals surface area contributed by atoms with Crippen LogP contribution >= 0.6 is 0 Å². The zero-order chi connectivity index (χ0) is 15.5. The summed E-state index contributed by atoms with van der Waals surface area (Å²) in [5.41, 5.74) is 1.89. The third-order valence-corrected chi connectivity index (χ3v) is 3.87. The SMILES string of the molecule is NNc1cc([N+](=O)[O-])ccc1S(=O)(=O)Nc1cncnc1. The van der Waals surface area contributed by atoms with Gasteiger partial charge in [-0.05, 0) is 6.07 Å². The molecule has 0 saturated carbocycles. The van der Waals surface area contributed by atoms with Gasteiger partial charge in [-0.25, -0.2) is 18.4 Å². The summed E-state index contributed by atoms with van der Waals surface area (Å²) < 4.78 is 26.7. The molecular formula is C10H10N6O4S. The van der Waals surface area contributed by atoms with Crippen molar-refractivity contribution in [2.24, 2.45) is 5.84 Å². The first kappa shape index (κ1) is 14.6. The van der Waals surface area contributed by atoms with Gasteiger partial charge in [0.1, 0.15) is 11.2 Å². The van der Waals surface area contributed by atoms with Gasteiger partial charge in [-0.1, -0.05) is 0 Å². The van der Waals surface area contributed by atoms with E-state index in [1.165, 1.54) is 18.7 Å². The second-order valence-electron chi connectivity index (χ2n) is 3.81. The van der Waals surface area contributed by atoms with Crippen molar-refractivity contribution in [1.82, 2.24) is 9.97 Å². The number of hydrazine groups is 1. The van der Waals surface area contributed by atoms with Crippen molar-refractivity contribution in [3.63, 3.8) is 0 Å². The van der Waals surface area contributed by atoms with Crippen LogP contribution in [0, 0.1) is 10.1 Å². The van der Waals surface area contributed by atoms with E-state index < -0.39 is 14.9 Å². The van der Waals surface area contributed by atoms with E-state index in [0.717, 1.165) is 18.2 Å². The van der Waals surface area contributed by atoms with Crippen LogP contribution in [0.3, 0.4) is 0 Å². The first-order valence-electron chi connectivity index (χ1n) is 5.47. The summed E-state index contributed by atoms with van der Waals surface area (Å²) in [4.78, 5) is 17.1. The molecule has 0 aliphatic carbocycles. The first-order chi connectivity index (χ1) is 9.94. The fourth-order valence-electron chi connectivity index (χ4n) is 1.54. The van der Waals surface area contributed by atoms with Crippen molar-refractivity contribution in [2.75, 3.05) is 10.1 Å². The molecule has 0 fully saturated rings. The van der Waals surface area contributed by atoms with Gasteiger partial charge < -0.3 is 5.43 Å². The lowest BCUT2D eigenvalue weighted by atomic mass is 10.3. The molecule has 21 heavy (non-hydrogen) atoms. The predicted octanol–water partition coefficient (Wildman–Crippen LogP) is 0.471. The molecule has 0 amide bonds. The van der Waals surface area contributed by atoms with E-state index in [1.807, 2.05) is 0 Å². The molecule has 2 rings (SSSR count). The van der Waals surface area contributed by atoms with E-state index >= 15 is 0 Å². The molecule has 1 aromatic heterocycles. The maximum Gasteiger partial charge on any atom is 0.271 e. The summed E-state index contributed by atoms with van der Waals surface area (Å²) in [6, 6.07) is 3.17. The number of nitrogens with one attached hydrogen (secondary N) is 2. The van der Waals surface area contributed by atoms with Crippen molar-refractivity contribution >= 4 is 27.1 Å². The van der Waals surface area contributed by atoms with E-state index in [4.69, 9.17) is 5.84 Å². The highest BCUT2D eigenvalue weighted by Crippen LogP contribution is 2.27. The van der Waals surface area contributed by atoms with E-state index in [2.05, 4.69) is 20.1 Å². The Hall–Kier alpha value is -2.79. The number of benzene rings is 1. The second kappa shape index (κ2) is 5.68. The Balaban J connectivity index is 2.42. The molecule has 1 heterocycles. The van der Waals surface area contributed by atoms with Crippen molar-refractivity contribution < 1.29 is 13.3 Å². The lowest BCUT2D eigenvalue weighted by Gasteiger charge is -2.11. The number of hydrogen-bond donors (Lipinski definition) is 3. The van der Waals surface area contributed by atoms with Gasteiger partial charge in [0.25, 0.3) is 15.7 Å². The van der Waals surface area contributed by atoms with Crippen LogP contribution in [0.2, 0.25) is 0 Å². The molecule has 0 radical (unpaired) electrons. The average molecular weight is 310 g/mol. The summed E-state index contributed by atoms with van der Waals surface area (Å²) in [7, 11) is -3.99. The number of hydrogen-bond acceptors (Lipinski definition) is 8. The maximum absolute atomic E-state index is 12.2. The third-order valence-electron chi connectivity index (χ3n) is 2.43. The number of non-ortho nitro benzene ring substituents is 1. The number of anilines is 2. The van der Waals surface area contributed by atoms with E-state index in [-0.39, 0.29) is 22.0 Å². The van der Waals surface area contributed by atoms with Crippen LogP contribution in [0.15, 0.2) is 41.8 Å². The predicted molar refractivity (Wildman–Crippen MR) is 73.7 cm³/mol. The maximum atomic E-state index is 12.2. The topological polar surface area (TPSA) is 153 Å². The zero-order valence-electron chi connectivity index (χ0n) is 10.4. The summed E-state index contributed by atoms with van der Waals surface area (Å²) in [5, 5.41) is 10.7. The average Bonchev–Trinajstić information content (AvgIpc) is 2.47. The van der Waals surface area contributed by atoms with Crippen molar-refractivity contribution in [1.29, 1.82) is 0 Å². The number of nitro benzene ring substituents is 1. The number of nitrogens with zero attached hydrogens (tertiary/aromatic N) is 3. The molecule has 0 saturated heterocycles. The molecule has 0 aliphatic heterocycles. The first-order valence-corrected chi connectivity index (χ1v) is 6.95. The monoisotopic (exact) mass is 310 g/mol. The highest BCUT2D eigenvalue weighted by Gasteiger charge is 2.21. The Labute approximate surface area is 119 Å². The van der Waals surface area contributed by atoms with Crippen LogP contribution in [-0.2, 0) is 10.0 Å². The second-order valence-corrected chi connectivity index (χ2v) is 5.47. The summed E-state index contributed by atoms with van der Waals surface area (Å²) >= 11 is 0. The van der Waals surface area contributed by atoms with Crippen LogP contribution in [0.25, 0.3) is 0 Å². The van der Waals surface area contributed by atoms with Crippen LogP contribution in [0.5, 0.6) is 0 Å². The third kappa shape index (κ3) is 3.21. The summed E-state index contributed by atoms with van der Waals surface area (Å²) in [6.07, 6.45) is 3.79. The molecule has 110 valence electrons. The molecule has 10 nitrogen and oxygen atoms in total. The molecule has 0 unspecified atom stereocenters. The Morgan fingerprint density at radius 2 is 1.90 bits per heavy atom. The van der Waals surface area contributed by atoms with Crippen molar-refractivity contribution in [3.05, 3.63) is 47.0 Å². The highest BCUT2D eigenvalue weighted by molar-refractivity contribution is 7.92. The van der Waals surface area contributed by atoms with E-state index in [9.17, 15) is 18.5 Å². The molecule has 0 atom stereocenters. The number of rotatable bonds is 5. The molecule has 0 bridgehead atoms. The van der Waals surface area contributed by atoms with Gasteiger partial charge in [0.05, 0.1) is 28.7 Å². The van der Waals surface area contributed by atoms with Crippen LogP contribution in [-0.4, -0.2) is 23.3 Å². The van der Waals surface area contributed by atoms with Gasteiger partial charge >= 0.3 is 0 Å². The number of nitrogens with two attached hydrogens (primary N) is 1. The van der Waals surface area contributed by atoms with Crippen LogP contribution in [0.4, 0.5) is 17.1 Å². The smallest absolute Gasteiger partial charge is 0.271 e. The number of sulfonamides is 1. The molecule has 0 aliphatic rings. The van der Waals surface area contributed by atoms with Gasteiger partial charge in [0.2, 0.25) is 0 Å². The molecule has 1 aromatic carbocycles. The van der Waals surface area contributed by atoms with E-state index in [0.29, 0.717) is 0 Å². The Morgan fingerprint density at radius 1 is 1.24 bits per heavy atom. The molecule has 0 spiro atoms.